The van der Waals surface area contributed by atoms with Crippen molar-refractivity contribution < 1.29 is 4.74 Å². The Labute approximate surface area is 120 Å². The molecule has 1 aliphatic rings. The van der Waals surface area contributed by atoms with Crippen LogP contribution in [0.1, 0.15) is 42.1 Å². The molecule has 0 spiro atoms. The first-order valence-electron chi connectivity index (χ1n) is 7.37. The van der Waals surface area contributed by atoms with Gasteiger partial charge in [-0.2, -0.15) is 0 Å². The van der Waals surface area contributed by atoms with E-state index in [1.807, 2.05) is 6.07 Å². The summed E-state index contributed by atoms with van der Waals surface area (Å²) in [6.45, 7) is 0.890. The van der Waals surface area contributed by atoms with Gasteiger partial charge in [-0.15, -0.1) is 0 Å². The molecule has 0 amide bonds. The molecule has 2 aromatic rings. The molecule has 1 heterocycles. The maximum Gasteiger partial charge on any atom is 0.0830 e. The van der Waals surface area contributed by atoms with Crippen LogP contribution in [0, 0.1) is 0 Å². The van der Waals surface area contributed by atoms with Gasteiger partial charge in [0.1, 0.15) is 0 Å². The molecule has 0 radical (unpaired) electrons. The highest BCUT2D eigenvalue weighted by atomic mass is 16.5. The second-order valence-corrected chi connectivity index (χ2v) is 5.23. The minimum absolute atomic E-state index is 0.264. The molecule has 1 atom stereocenters. The molecule has 1 nitrogen and oxygen atoms in total. The average molecular weight is 264 g/mol. The molecular weight excluding hydrogens is 244 g/mol. The van der Waals surface area contributed by atoms with Gasteiger partial charge in [0.05, 0.1) is 6.10 Å². The van der Waals surface area contributed by atoms with Crippen molar-refractivity contribution in [2.45, 2.75) is 25.4 Å². The predicted molar refractivity (Wildman–Crippen MR) is 84.4 cm³/mol. The van der Waals surface area contributed by atoms with Gasteiger partial charge in [-0.25, -0.2) is 0 Å². The lowest BCUT2D eigenvalue weighted by molar-refractivity contribution is 0.0148. The van der Waals surface area contributed by atoms with Gasteiger partial charge in [-0.3, -0.25) is 0 Å². The summed E-state index contributed by atoms with van der Waals surface area (Å²) >= 11 is 0. The van der Waals surface area contributed by atoms with E-state index in [-0.39, 0.29) is 6.10 Å². The minimum atomic E-state index is 0.264. The van der Waals surface area contributed by atoms with Crippen molar-refractivity contribution in [2.24, 2.45) is 0 Å². The smallest absolute Gasteiger partial charge is 0.0830 e. The summed E-state index contributed by atoms with van der Waals surface area (Å²) in [5.74, 6) is 0. The molecule has 2 aromatic carbocycles. The van der Waals surface area contributed by atoms with Crippen molar-refractivity contribution in [1.82, 2.24) is 0 Å². The fraction of sp³-hybridized carbons (Fsp3) is 0.263. The third kappa shape index (κ3) is 3.17. The van der Waals surface area contributed by atoms with Crippen molar-refractivity contribution >= 4 is 12.2 Å². The van der Waals surface area contributed by atoms with E-state index in [0.29, 0.717) is 0 Å². The number of rotatable bonds is 3. The normalized spacial score (nSPS) is 19.3. The third-order valence-electron chi connectivity index (χ3n) is 3.78. The van der Waals surface area contributed by atoms with Gasteiger partial charge in [-0.1, -0.05) is 66.7 Å². The van der Waals surface area contributed by atoms with Crippen LogP contribution in [0.3, 0.4) is 0 Å². The second-order valence-electron chi connectivity index (χ2n) is 5.23. The molecule has 3 rings (SSSR count). The standard InChI is InChI=1S/C19H20O/c1-2-8-16(9-3-1)13-14-17-10-4-5-11-18(17)19-12-6-7-15-20-19/h1-5,8-11,13-14,19H,6-7,12,15H2. The van der Waals surface area contributed by atoms with Crippen molar-refractivity contribution in [3.8, 4) is 0 Å². The van der Waals surface area contributed by atoms with E-state index in [9.17, 15) is 0 Å². The van der Waals surface area contributed by atoms with E-state index in [4.69, 9.17) is 4.74 Å². The van der Waals surface area contributed by atoms with Gasteiger partial charge in [0, 0.05) is 6.61 Å². The topological polar surface area (TPSA) is 9.23 Å². The number of hydrogen-bond acceptors (Lipinski definition) is 1. The van der Waals surface area contributed by atoms with E-state index in [1.54, 1.807) is 0 Å². The van der Waals surface area contributed by atoms with Crippen LogP contribution >= 0.6 is 0 Å². The molecular formula is C19H20O. The van der Waals surface area contributed by atoms with Crippen molar-refractivity contribution in [1.29, 1.82) is 0 Å². The summed E-state index contributed by atoms with van der Waals surface area (Å²) in [6.07, 6.45) is 8.22. The highest BCUT2D eigenvalue weighted by Crippen LogP contribution is 2.30. The summed E-state index contributed by atoms with van der Waals surface area (Å²) in [5, 5.41) is 0. The zero-order chi connectivity index (χ0) is 13.6. The fourth-order valence-electron chi connectivity index (χ4n) is 2.69. The molecule has 1 unspecified atom stereocenters. The SMILES string of the molecule is C(=Cc1ccccc1C1CCCCO1)c1ccccc1. The minimum Gasteiger partial charge on any atom is -0.374 e. The first-order chi connectivity index (χ1) is 9.93. The molecule has 1 fully saturated rings. The van der Waals surface area contributed by atoms with Gasteiger partial charge >= 0.3 is 0 Å². The van der Waals surface area contributed by atoms with Crippen LogP contribution in [0.2, 0.25) is 0 Å². The largest absolute Gasteiger partial charge is 0.374 e. The van der Waals surface area contributed by atoms with Crippen LogP contribution in [-0.2, 0) is 4.74 Å². The van der Waals surface area contributed by atoms with Crippen LogP contribution in [-0.4, -0.2) is 6.61 Å². The zero-order valence-electron chi connectivity index (χ0n) is 11.7. The average Bonchev–Trinajstić information content (AvgIpc) is 2.55. The molecule has 0 aliphatic carbocycles. The molecule has 0 N–H and O–H groups in total. The second kappa shape index (κ2) is 6.53. The Hall–Kier alpha value is -1.86. The summed E-state index contributed by atoms with van der Waals surface area (Å²) < 4.78 is 5.92. The Morgan fingerprint density at radius 3 is 2.45 bits per heavy atom. The molecule has 0 aromatic heterocycles. The highest BCUT2D eigenvalue weighted by Gasteiger charge is 2.17. The highest BCUT2D eigenvalue weighted by molar-refractivity contribution is 5.71. The molecule has 20 heavy (non-hydrogen) atoms. The number of ether oxygens (including phenoxy) is 1. The quantitative estimate of drug-likeness (QED) is 0.701. The third-order valence-corrected chi connectivity index (χ3v) is 3.78. The maximum atomic E-state index is 5.92. The predicted octanol–water partition coefficient (Wildman–Crippen LogP) is 5.10. The zero-order valence-corrected chi connectivity index (χ0v) is 11.7. The fourth-order valence-corrected chi connectivity index (χ4v) is 2.69. The van der Waals surface area contributed by atoms with Gasteiger partial charge in [0.15, 0.2) is 0 Å². The van der Waals surface area contributed by atoms with E-state index in [1.165, 1.54) is 29.5 Å². The Kier molecular flexibility index (Phi) is 4.29. The summed E-state index contributed by atoms with van der Waals surface area (Å²) in [6, 6.07) is 19.0. The summed E-state index contributed by atoms with van der Waals surface area (Å²) in [7, 11) is 0. The lowest BCUT2D eigenvalue weighted by Crippen LogP contribution is -2.12. The molecule has 1 aliphatic heterocycles. The molecule has 102 valence electrons. The van der Waals surface area contributed by atoms with E-state index in [0.717, 1.165) is 13.0 Å². The summed E-state index contributed by atoms with van der Waals surface area (Å²) in [4.78, 5) is 0. The Bertz CT molecular complexity index is 565. The van der Waals surface area contributed by atoms with Crippen LogP contribution in [0.25, 0.3) is 12.2 Å². The van der Waals surface area contributed by atoms with Crippen molar-refractivity contribution in [3.63, 3.8) is 0 Å². The van der Waals surface area contributed by atoms with Crippen LogP contribution in [0.4, 0.5) is 0 Å². The Morgan fingerprint density at radius 1 is 0.850 bits per heavy atom. The molecule has 1 saturated heterocycles. The molecule has 0 saturated carbocycles. The van der Waals surface area contributed by atoms with E-state index >= 15 is 0 Å². The maximum absolute atomic E-state index is 5.92. The number of hydrogen-bond donors (Lipinski definition) is 0. The van der Waals surface area contributed by atoms with Crippen LogP contribution in [0.5, 0.6) is 0 Å². The first kappa shape index (κ1) is 13.1. The van der Waals surface area contributed by atoms with Gasteiger partial charge in [0.25, 0.3) is 0 Å². The van der Waals surface area contributed by atoms with Crippen LogP contribution < -0.4 is 0 Å². The van der Waals surface area contributed by atoms with Crippen molar-refractivity contribution in [2.75, 3.05) is 6.61 Å². The van der Waals surface area contributed by atoms with E-state index < -0.39 is 0 Å². The van der Waals surface area contributed by atoms with Crippen molar-refractivity contribution in [3.05, 3.63) is 71.3 Å². The molecule has 1 heteroatoms. The van der Waals surface area contributed by atoms with Gasteiger partial charge < -0.3 is 4.74 Å². The Morgan fingerprint density at radius 2 is 1.65 bits per heavy atom. The number of benzene rings is 2. The van der Waals surface area contributed by atoms with Gasteiger partial charge in [-0.05, 0) is 36.0 Å². The Balaban J connectivity index is 1.84. The summed E-state index contributed by atoms with van der Waals surface area (Å²) in [5.41, 5.74) is 3.81. The van der Waals surface area contributed by atoms with Crippen LogP contribution in [0.15, 0.2) is 54.6 Å². The lowest BCUT2D eigenvalue weighted by Gasteiger charge is -2.24. The first-order valence-corrected chi connectivity index (χ1v) is 7.37. The monoisotopic (exact) mass is 264 g/mol. The van der Waals surface area contributed by atoms with E-state index in [2.05, 4.69) is 60.7 Å². The van der Waals surface area contributed by atoms with Gasteiger partial charge in [0.2, 0.25) is 0 Å². The lowest BCUT2D eigenvalue weighted by atomic mass is 9.96. The molecule has 0 bridgehead atoms.